The first-order valence-corrected chi connectivity index (χ1v) is 7.38. The van der Waals surface area contributed by atoms with Crippen molar-refractivity contribution in [1.82, 2.24) is 0 Å². The molecule has 1 unspecified atom stereocenters. The zero-order chi connectivity index (χ0) is 13.1. The van der Waals surface area contributed by atoms with Gasteiger partial charge in [0.15, 0.2) is 9.84 Å². The molecule has 0 aliphatic carbocycles. The van der Waals surface area contributed by atoms with E-state index in [4.69, 9.17) is 0 Å². The van der Waals surface area contributed by atoms with Crippen LogP contribution in [0.4, 0.5) is 0 Å². The summed E-state index contributed by atoms with van der Waals surface area (Å²) >= 11 is 0. The van der Waals surface area contributed by atoms with Gasteiger partial charge in [-0.1, -0.05) is 31.2 Å². The van der Waals surface area contributed by atoms with Crippen LogP contribution in [0.1, 0.15) is 31.4 Å². The number of benzene rings is 1. The van der Waals surface area contributed by atoms with E-state index in [0.717, 1.165) is 18.2 Å². The number of hydrogen-bond donors (Lipinski definition) is 1. The summed E-state index contributed by atoms with van der Waals surface area (Å²) in [5.41, 5.74) is 1.69. The third-order valence-corrected chi connectivity index (χ3v) is 3.80. The van der Waals surface area contributed by atoms with Gasteiger partial charge in [0.1, 0.15) is 0 Å². The highest BCUT2D eigenvalue weighted by Crippen LogP contribution is 2.22. The monoisotopic (exact) mass is 254 g/mol. The summed E-state index contributed by atoms with van der Waals surface area (Å²) in [5.74, 6) is 0. The van der Waals surface area contributed by atoms with Gasteiger partial charge in [0.25, 0.3) is 0 Å². The lowest BCUT2D eigenvalue weighted by Crippen LogP contribution is -2.01. The highest BCUT2D eigenvalue weighted by atomic mass is 32.2. The van der Waals surface area contributed by atoms with Crippen molar-refractivity contribution in [3.8, 4) is 0 Å². The fraction of sp³-hybridized carbons (Fsp3) is 0.385. The zero-order valence-electron chi connectivity index (χ0n) is 10.2. The minimum atomic E-state index is -3.17. The average Bonchev–Trinajstić information content (AvgIpc) is 2.27. The number of rotatable bonds is 5. The number of aliphatic hydroxyl groups is 1. The highest BCUT2D eigenvalue weighted by Gasteiger charge is 2.11. The molecule has 0 saturated carbocycles. The van der Waals surface area contributed by atoms with Crippen molar-refractivity contribution >= 4 is 9.84 Å². The molecule has 1 atom stereocenters. The largest absolute Gasteiger partial charge is 0.388 e. The van der Waals surface area contributed by atoms with Gasteiger partial charge in [0.2, 0.25) is 0 Å². The van der Waals surface area contributed by atoms with Gasteiger partial charge in [-0.25, -0.2) is 8.42 Å². The van der Waals surface area contributed by atoms with E-state index in [1.807, 2.05) is 6.92 Å². The molecule has 0 aliphatic rings. The van der Waals surface area contributed by atoms with Crippen LogP contribution >= 0.6 is 0 Å². The maximum Gasteiger partial charge on any atom is 0.175 e. The zero-order valence-corrected chi connectivity index (χ0v) is 11.0. The average molecular weight is 254 g/mol. The molecule has 0 heterocycles. The molecular weight excluding hydrogens is 236 g/mol. The summed E-state index contributed by atoms with van der Waals surface area (Å²) in [6, 6.07) is 6.32. The van der Waals surface area contributed by atoms with Gasteiger partial charge in [-0.3, -0.25) is 0 Å². The molecule has 0 amide bonds. The van der Waals surface area contributed by atoms with Gasteiger partial charge in [-0.05, 0) is 30.5 Å². The molecule has 0 spiro atoms. The molecule has 1 aromatic carbocycles. The standard InChI is InChI=1S/C13H18O3S/c1-4-10(2)9-13(14)11-5-7-12(8-6-11)17(3,15)16/h5-8,13-14H,2,4,9H2,1,3H3. The van der Waals surface area contributed by atoms with Crippen LogP contribution in [0.15, 0.2) is 41.3 Å². The van der Waals surface area contributed by atoms with Gasteiger partial charge in [0.05, 0.1) is 11.0 Å². The lowest BCUT2D eigenvalue weighted by atomic mass is 10.0. The van der Waals surface area contributed by atoms with Crippen LogP contribution in [0.5, 0.6) is 0 Å². The van der Waals surface area contributed by atoms with Crippen LogP contribution < -0.4 is 0 Å². The predicted molar refractivity (Wildman–Crippen MR) is 68.6 cm³/mol. The van der Waals surface area contributed by atoms with Gasteiger partial charge < -0.3 is 5.11 Å². The first-order chi connectivity index (χ1) is 7.84. The maximum absolute atomic E-state index is 11.3. The van der Waals surface area contributed by atoms with E-state index < -0.39 is 15.9 Å². The predicted octanol–water partition coefficient (Wildman–Crippen LogP) is 2.48. The topological polar surface area (TPSA) is 54.4 Å². The van der Waals surface area contributed by atoms with E-state index in [9.17, 15) is 13.5 Å². The van der Waals surface area contributed by atoms with E-state index in [1.54, 1.807) is 12.1 Å². The van der Waals surface area contributed by atoms with E-state index in [2.05, 4.69) is 6.58 Å². The number of sulfone groups is 1. The van der Waals surface area contributed by atoms with Gasteiger partial charge in [0, 0.05) is 6.26 Å². The van der Waals surface area contributed by atoms with Crippen molar-refractivity contribution in [3.05, 3.63) is 42.0 Å². The van der Waals surface area contributed by atoms with Crippen molar-refractivity contribution in [3.63, 3.8) is 0 Å². The third kappa shape index (κ3) is 3.98. The fourth-order valence-electron chi connectivity index (χ4n) is 1.47. The summed E-state index contributed by atoms with van der Waals surface area (Å²) in [6.07, 6.45) is 1.89. The normalized spacial score (nSPS) is 13.4. The molecule has 1 N–H and O–H groups in total. The van der Waals surface area contributed by atoms with Crippen LogP contribution in [0.3, 0.4) is 0 Å². The molecule has 0 aliphatic heterocycles. The Kier molecular flexibility index (Phi) is 4.48. The minimum Gasteiger partial charge on any atom is -0.388 e. The highest BCUT2D eigenvalue weighted by molar-refractivity contribution is 7.90. The molecule has 4 heteroatoms. The van der Waals surface area contributed by atoms with Crippen LogP contribution in [-0.2, 0) is 9.84 Å². The SMILES string of the molecule is C=C(CC)CC(O)c1ccc(S(C)(=O)=O)cc1. The van der Waals surface area contributed by atoms with E-state index >= 15 is 0 Å². The second kappa shape index (κ2) is 5.47. The summed E-state index contributed by atoms with van der Waals surface area (Å²) in [6.45, 7) is 5.83. The lowest BCUT2D eigenvalue weighted by molar-refractivity contribution is 0.177. The Morgan fingerprint density at radius 3 is 2.29 bits per heavy atom. The molecule has 0 bridgehead atoms. The summed E-state index contributed by atoms with van der Waals surface area (Å²) in [5, 5.41) is 9.91. The minimum absolute atomic E-state index is 0.266. The van der Waals surface area contributed by atoms with E-state index in [0.29, 0.717) is 12.0 Å². The van der Waals surface area contributed by atoms with Gasteiger partial charge in [-0.15, -0.1) is 0 Å². The molecule has 0 aromatic heterocycles. The van der Waals surface area contributed by atoms with Gasteiger partial charge >= 0.3 is 0 Å². The van der Waals surface area contributed by atoms with Crippen LogP contribution in [0, 0.1) is 0 Å². The molecular formula is C13H18O3S. The Morgan fingerprint density at radius 2 is 1.88 bits per heavy atom. The molecule has 0 saturated heterocycles. The maximum atomic E-state index is 11.3. The van der Waals surface area contributed by atoms with Crippen molar-refractivity contribution in [2.45, 2.75) is 30.8 Å². The molecule has 1 rings (SSSR count). The first kappa shape index (κ1) is 13.9. The quantitative estimate of drug-likeness (QED) is 0.821. The van der Waals surface area contributed by atoms with Gasteiger partial charge in [-0.2, -0.15) is 0 Å². The van der Waals surface area contributed by atoms with Crippen LogP contribution in [0.25, 0.3) is 0 Å². The Labute approximate surface area is 103 Å². The molecule has 94 valence electrons. The summed E-state index contributed by atoms with van der Waals surface area (Å²) in [7, 11) is -3.17. The number of aliphatic hydroxyl groups excluding tert-OH is 1. The first-order valence-electron chi connectivity index (χ1n) is 5.49. The lowest BCUT2D eigenvalue weighted by Gasteiger charge is -2.12. The molecule has 0 fully saturated rings. The fourth-order valence-corrected chi connectivity index (χ4v) is 2.10. The van der Waals surface area contributed by atoms with Crippen molar-refractivity contribution in [2.75, 3.05) is 6.26 Å². The molecule has 0 radical (unpaired) electrons. The van der Waals surface area contributed by atoms with E-state index in [-0.39, 0.29) is 4.90 Å². The Morgan fingerprint density at radius 1 is 1.35 bits per heavy atom. The third-order valence-electron chi connectivity index (χ3n) is 2.68. The van der Waals surface area contributed by atoms with Crippen LogP contribution in [-0.4, -0.2) is 19.8 Å². The van der Waals surface area contributed by atoms with Crippen molar-refractivity contribution in [1.29, 1.82) is 0 Å². The van der Waals surface area contributed by atoms with Crippen molar-refractivity contribution < 1.29 is 13.5 Å². The molecule has 17 heavy (non-hydrogen) atoms. The summed E-state index contributed by atoms with van der Waals surface area (Å²) in [4.78, 5) is 0.266. The second-order valence-electron chi connectivity index (χ2n) is 4.16. The summed E-state index contributed by atoms with van der Waals surface area (Å²) < 4.78 is 22.5. The smallest absolute Gasteiger partial charge is 0.175 e. The Bertz CT molecular complexity index is 486. The Hall–Kier alpha value is -1.13. The van der Waals surface area contributed by atoms with Crippen LogP contribution in [0.2, 0.25) is 0 Å². The van der Waals surface area contributed by atoms with Crippen molar-refractivity contribution in [2.24, 2.45) is 0 Å². The Balaban J connectivity index is 2.84. The molecule has 3 nitrogen and oxygen atoms in total. The molecule has 1 aromatic rings. The second-order valence-corrected chi connectivity index (χ2v) is 6.18. The van der Waals surface area contributed by atoms with E-state index in [1.165, 1.54) is 12.1 Å². The number of hydrogen-bond acceptors (Lipinski definition) is 3.